The fraction of sp³-hybridized carbons (Fsp3) is 0.300. The molecule has 4 nitrogen and oxygen atoms in total. The maximum absolute atomic E-state index is 13.1. The van der Waals surface area contributed by atoms with Crippen LogP contribution in [0.5, 0.6) is 5.75 Å². The van der Waals surface area contributed by atoms with E-state index >= 15 is 0 Å². The molecule has 0 atom stereocenters. The molecular formula is C10H9F4NO3. The zero-order valence-electron chi connectivity index (χ0n) is 9.42. The standard InChI is InChI=1S/C10H9F4NO3/c1-15(17-2)9(16)6-3-4-7(11)8(5-6)18-10(12,13)14/h3-5H,1-2H3. The second kappa shape index (κ2) is 5.21. The van der Waals surface area contributed by atoms with Crippen LogP contribution in [0, 0.1) is 5.82 Å². The SMILES string of the molecule is CON(C)C(=O)c1ccc(F)c(OC(F)(F)F)c1. The Bertz CT molecular complexity index is 447. The van der Waals surface area contributed by atoms with Crippen molar-refractivity contribution in [3.05, 3.63) is 29.6 Å². The number of ether oxygens (including phenoxy) is 1. The first-order valence-electron chi connectivity index (χ1n) is 4.62. The average molecular weight is 267 g/mol. The van der Waals surface area contributed by atoms with E-state index in [1.165, 1.54) is 14.2 Å². The molecule has 0 heterocycles. The largest absolute Gasteiger partial charge is 0.573 e. The summed E-state index contributed by atoms with van der Waals surface area (Å²) in [6.07, 6.45) is -5.03. The monoisotopic (exact) mass is 267 g/mol. The van der Waals surface area contributed by atoms with Gasteiger partial charge in [0.1, 0.15) is 0 Å². The van der Waals surface area contributed by atoms with Crippen LogP contribution in [-0.2, 0) is 4.84 Å². The number of rotatable bonds is 3. The van der Waals surface area contributed by atoms with Gasteiger partial charge in [-0.2, -0.15) is 0 Å². The number of carbonyl (C=O) groups excluding carboxylic acids is 1. The summed E-state index contributed by atoms with van der Waals surface area (Å²) in [5, 5.41) is 0.782. The molecule has 0 aromatic heterocycles. The molecule has 0 saturated carbocycles. The quantitative estimate of drug-likeness (QED) is 0.623. The Labute approximate surface area is 99.7 Å². The van der Waals surface area contributed by atoms with Crippen LogP contribution in [0.2, 0.25) is 0 Å². The molecule has 1 aromatic rings. The predicted molar refractivity (Wildman–Crippen MR) is 52.2 cm³/mol. The highest BCUT2D eigenvalue weighted by Crippen LogP contribution is 2.26. The van der Waals surface area contributed by atoms with E-state index in [-0.39, 0.29) is 5.56 Å². The number of hydrogen-bond acceptors (Lipinski definition) is 3. The van der Waals surface area contributed by atoms with Crippen LogP contribution in [0.1, 0.15) is 10.4 Å². The van der Waals surface area contributed by atoms with Crippen LogP contribution in [0.3, 0.4) is 0 Å². The summed E-state index contributed by atoms with van der Waals surface area (Å²) < 4.78 is 52.4. The van der Waals surface area contributed by atoms with Crippen molar-refractivity contribution in [2.24, 2.45) is 0 Å². The number of benzene rings is 1. The fourth-order valence-corrected chi connectivity index (χ4v) is 1.10. The minimum Gasteiger partial charge on any atom is -0.403 e. The van der Waals surface area contributed by atoms with Gasteiger partial charge >= 0.3 is 6.36 Å². The summed E-state index contributed by atoms with van der Waals surface area (Å²) in [6.45, 7) is 0. The molecule has 0 spiro atoms. The van der Waals surface area contributed by atoms with Gasteiger partial charge in [-0.15, -0.1) is 13.2 Å². The van der Waals surface area contributed by atoms with E-state index < -0.39 is 23.8 Å². The maximum Gasteiger partial charge on any atom is 0.573 e. The average Bonchev–Trinajstić information content (AvgIpc) is 2.28. The van der Waals surface area contributed by atoms with Crippen LogP contribution in [0.15, 0.2) is 18.2 Å². The minimum atomic E-state index is -5.03. The second-order valence-corrected chi connectivity index (χ2v) is 3.18. The van der Waals surface area contributed by atoms with E-state index in [1.807, 2.05) is 0 Å². The summed E-state index contributed by atoms with van der Waals surface area (Å²) in [6, 6.07) is 2.38. The first kappa shape index (κ1) is 14.2. The zero-order valence-corrected chi connectivity index (χ0v) is 9.42. The van der Waals surface area contributed by atoms with Gasteiger partial charge in [0.15, 0.2) is 11.6 Å². The molecule has 0 fully saturated rings. The molecule has 100 valence electrons. The number of halogens is 4. The normalized spacial score (nSPS) is 11.2. The van der Waals surface area contributed by atoms with Crippen molar-refractivity contribution in [2.45, 2.75) is 6.36 Å². The smallest absolute Gasteiger partial charge is 0.403 e. The van der Waals surface area contributed by atoms with Crippen molar-refractivity contribution < 1.29 is 31.9 Å². The van der Waals surface area contributed by atoms with Crippen LogP contribution >= 0.6 is 0 Å². The highest BCUT2D eigenvalue weighted by Gasteiger charge is 2.32. The number of amides is 1. The van der Waals surface area contributed by atoms with Crippen molar-refractivity contribution in [2.75, 3.05) is 14.2 Å². The van der Waals surface area contributed by atoms with Gasteiger partial charge in [-0.05, 0) is 18.2 Å². The van der Waals surface area contributed by atoms with E-state index in [0.717, 1.165) is 11.1 Å². The first-order valence-corrected chi connectivity index (χ1v) is 4.62. The zero-order chi connectivity index (χ0) is 13.9. The molecule has 0 aliphatic carbocycles. The fourth-order valence-electron chi connectivity index (χ4n) is 1.10. The van der Waals surface area contributed by atoms with Gasteiger partial charge in [-0.3, -0.25) is 9.63 Å². The maximum atomic E-state index is 13.1. The van der Waals surface area contributed by atoms with E-state index in [1.54, 1.807) is 0 Å². The second-order valence-electron chi connectivity index (χ2n) is 3.18. The van der Waals surface area contributed by atoms with Crippen molar-refractivity contribution in [3.8, 4) is 5.75 Å². The molecule has 1 aromatic carbocycles. The molecule has 0 aliphatic rings. The third-order valence-corrected chi connectivity index (χ3v) is 1.96. The number of nitrogens with zero attached hydrogens (tertiary/aromatic N) is 1. The van der Waals surface area contributed by atoms with Crippen molar-refractivity contribution in [3.63, 3.8) is 0 Å². The lowest BCUT2D eigenvalue weighted by molar-refractivity contribution is -0.275. The molecule has 0 N–H and O–H groups in total. The van der Waals surface area contributed by atoms with Gasteiger partial charge in [0.05, 0.1) is 7.11 Å². The predicted octanol–water partition coefficient (Wildman–Crippen LogP) is 2.36. The van der Waals surface area contributed by atoms with E-state index in [2.05, 4.69) is 9.57 Å². The lowest BCUT2D eigenvalue weighted by Gasteiger charge is -2.15. The van der Waals surface area contributed by atoms with E-state index in [4.69, 9.17) is 0 Å². The molecule has 0 saturated heterocycles. The van der Waals surface area contributed by atoms with Gasteiger partial charge < -0.3 is 4.74 Å². The third kappa shape index (κ3) is 3.59. The van der Waals surface area contributed by atoms with Gasteiger partial charge in [0.2, 0.25) is 0 Å². The Morgan fingerprint density at radius 3 is 2.44 bits per heavy atom. The third-order valence-electron chi connectivity index (χ3n) is 1.96. The molecule has 0 radical (unpaired) electrons. The lowest BCUT2D eigenvalue weighted by Crippen LogP contribution is -2.25. The number of hydrogen-bond donors (Lipinski definition) is 0. The highest BCUT2D eigenvalue weighted by atomic mass is 19.4. The summed E-state index contributed by atoms with van der Waals surface area (Å²) >= 11 is 0. The Kier molecular flexibility index (Phi) is 4.12. The van der Waals surface area contributed by atoms with Gasteiger partial charge in [0, 0.05) is 12.6 Å². The van der Waals surface area contributed by atoms with Gasteiger partial charge in [-0.25, -0.2) is 9.45 Å². The first-order chi connectivity index (χ1) is 8.24. The minimum absolute atomic E-state index is 0.194. The summed E-state index contributed by atoms with van der Waals surface area (Å²) in [5.74, 6) is -3.02. The van der Waals surface area contributed by atoms with Crippen LogP contribution in [-0.4, -0.2) is 31.5 Å². The van der Waals surface area contributed by atoms with E-state index in [9.17, 15) is 22.4 Å². The van der Waals surface area contributed by atoms with Crippen molar-refractivity contribution in [1.82, 2.24) is 5.06 Å². The Hall–Kier alpha value is -1.83. The van der Waals surface area contributed by atoms with Crippen molar-refractivity contribution >= 4 is 5.91 Å². The van der Waals surface area contributed by atoms with Gasteiger partial charge in [-0.1, -0.05) is 0 Å². The molecule has 0 unspecified atom stereocenters. The Morgan fingerprint density at radius 2 is 1.94 bits per heavy atom. The Morgan fingerprint density at radius 1 is 1.33 bits per heavy atom. The van der Waals surface area contributed by atoms with Crippen LogP contribution in [0.4, 0.5) is 17.6 Å². The molecule has 0 bridgehead atoms. The number of hydroxylamine groups is 2. The van der Waals surface area contributed by atoms with Gasteiger partial charge in [0.25, 0.3) is 5.91 Å². The lowest BCUT2D eigenvalue weighted by atomic mass is 10.2. The number of alkyl halides is 3. The topological polar surface area (TPSA) is 38.8 Å². The van der Waals surface area contributed by atoms with Crippen molar-refractivity contribution in [1.29, 1.82) is 0 Å². The number of carbonyl (C=O) groups is 1. The molecular weight excluding hydrogens is 258 g/mol. The molecule has 1 amide bonds. The molecule has 18 heavy (non-hydrogen) atoms. The summed E-state index contributed by atoms with van der Waals surface area (Å²) in [5.41, 5.74) is -0.194. The molecule has 8 heteroatoms. The molecule has 1 rings (SSSR count). The summed E-state index contributed by atoms with van der Waals surface area (Å²) in [7, 11) is 2.46. The van der Waals surface area contributed by atoms with Crippen LogP contribution < -0.4 is 4.74 Å². The molecule has 0 aliphatic heterocycles. The van der Waals surface area contributed by atoms with E-state index in [0.29, 0.717) is 12.1 Å². The van der Waals surface area contributed by atoms with Crippen LogP contribution in [0.25, 0.3) is 0 Å². The summed E-state index contributed by atoms with van der Waals surface area (Å²) in [4.78, 5) is 16.1. The highest BCUT2D eigenvalue weighted by molar-refractivity contribution is 5.93. The Balaban J connectivity index is 3.04.